The number of benzene rings is 4. The van der Waals surface area contributed by atoms with Crippen molar-refractivity contribution in [1.29, 1.82) is 0 Å². The molecule has 0 aliphatic heterocycles. The van der Waals surface area contributed by atoms with Gasteiger partial charge in [-0.2, -0.15) is 0 Å². The van der Waals surface area contributed by atoms with Gasteiger partial charge in [0.1, 0.15) is 5.58 Å². The van der Waals surface area contributed by atoms with E-state index in [0.29, 0.717) is 5.92 Å². The van der Waals surface area contributed by atoms with Crippen molar-refractivity contribution in [3.8, 4) is 22.5 Å². The maximum Gasteiger partial charge on any atom is 0.120 e. The number of furan rings is 1. The second-order valence-electron chi connectivity index (χ2n) is 13.0. The minimum atomic E-state index is -0.0935. The minimum absolute atomic E-state index is 0. The van der Waals surface area contributed by atoms with Crippen LogP contribution in [0, 0.1) is 31.9 Å². The monoisotopic (exact) mass is 793 g/mol. The van der Waals surface area contributed by atoms with Crippen molar-refractivity contribution in [1.82, 2.24) is 9.97 Å². The Balaban J connectivity index is 0.000000199. The van der Waals surface area contributed by atoms with Gasteiger partial charge in [-0.3, -0.25) is 0 Å². The number of nitrogens with zero attached hydrogens (tertiary/aromatic N) is 2. The number of aryl methyl sites for hydroxylation is 2. The van der Waals surface area contributed by atoms with E-state index in [0.717, 1.165) is 50.9 Å². The molecule has 0 unspecified atom stereocenters. The van der Waals surface area contributed by atoms with Crippen molar-refractivity contribution in [2.45, 2.75) is 53.4 Å². The van der Waals surface area contributed by atoms with Crippen molar-refractivity contribution < 1.29 is 24.5 Å². The SMILES string of the molecule is CC(C)(c1ccccc1)c1ccc2oc3c(-c4ccccn4)[c-]ccc3c2c1.Cc1c[c-]c(-c2cc(C)c(CC(C)C)cn2)cc1.[Ir]. The molecule has 1 radical (unpaired) electrons. The number of aromatic nitrogens is 2. The van der Waals surface area contributed by atoms with Crippen LogP contribution in [0.4, 0.5) is 0 Å². The van der Waals surface area contributed by atoms with Gasteiger partial charge in [-0.1, -0.05) is 106 Å². The van der Waals surface area contributed by atoms with Crippen molar-refractivity contribution in [2.75, 3.05) is 0 Å². The quantitative estimate of drug-likeness (QED) is 0.157. The topological polar surface area (TPSA) is 38.9 Å². The molecule has 0 saturated heterocycles. The first kappa shape index (κ1) is 34.0. The third kappa shape index (κ3) is 7.46. The van der Waals surface area contributed by atoms with Crippen molar-refractivity contribution in [3.05, 3.63) is 155 Å². The molecule has 0 amide bonds. The molecule has 3 aromatic heterocycles. The first-order chi connectivity index (χ1) is 22.2. The van der Waals surface area contributed by atoms with Crippen LogP contribution in [0.15, 0.2) is 120 Å². The molecular formula is C43H40IrN2O-2. The molecule has 0 aliphatic rings. The Morgan fingerprint density at radius 3 is 2.23 bits per heavy atom. The molecule has 3 nitrogen and oxygen atoms in total. The summed E-state index contributed by atoms with van der Waals surface area (Å²) in [5.41, 5.74) is 11.9. The summed E-state index contributed by atoms with van der Waals surface area (Å²) in [5.74, 6) is 0.669. The molecule has 7 rings (SSSR count). The number of fused-ring (bicyclic) bond motifs is 3. The minimum Gasteiger partial charge on any atom is -0.501 e. The molecule has 0 saturated carbocycles. The Hall–Kier alpha value is -4.37. The van der Waals surface area contributed by atoms with Gasteiger partial charge in [0.15, 0.2) is 0 Å². The van der Waals surface area contributed by atoms with Gasteiger partial charge in [0.2, 0.25) is 0 Å². The maximum atomic E-state index is 6.24. The smallest absolute Gasteiger partial charge is 0.120 e. The second-order valence-corrected chi connectivity index (χ2v) is 13.0. The molecular weight excluding hydrogens is 753 g/mol. The summed E-state index contributed by atoms with van der Waals surface area (Å²) in [5, 5.41) is 2.22. The van der Waals surface area contributed by atoms with Crippen LogP contribution in [0.2, 0.25) is 0 Å². The fourth-order valence-corrected chi connectivity index (χ4v) is 5.90. The first-order valence-electron chi connectivity index (χ1n) is 16.0. The normalized spacial score (nSPS) is 11.3. The standard InChI is InChI=1S/C26H20NO.C17H20N.Ir/c1-26(2,18-9-4-3-5-10-18)19-14-15-24-22(17-19)20-11-8-12-21(25(20)28-24)23-13-6-7-16-27-23;1-12(2)9-16-11-18-17(10-14(16)4)15-7-5-13(3)6-8-15;/h3-11,13-17H,1-2H3;5-7,10-12H,9H2,1-4H3;/q2*-1;. The molecule has 0 N–H and O–H groups in total. The fourth-order valence-electron chi connectivity index (χ4n) is 5.90. The van der Waals surface area contributed by atoms with Gasteiger partial charge in [-0.15, -0.1) is 53.6 Å². The van der Waals surface area contributed by atoms with Crippen LogP contribution in [0.3, 0.4) is 0 Å². The summed E-state index contributed by atoms with van der Waals surface area (Å²) < 4.78 is 6.24. The van der Waals surface area contributed by atoms with E-state index in [1.807, 2.05) is 36.5 Å². The van der Waals surface area contributed by atoms with E-state index in [1.165, 1.54) is 27.8 Å². The van der Waals surface area contributed by atoms with Crippen LogP contribution >= 0.6 is 0 Å². The van der Waals surface area contributed by atoms with Crippen LogP contribution in [0.5, 0.6) is 0 Å². The molecule has 0 atom stereocenters. The first-order valence-corrected chi connectivity index (χ1v) is 16.0. The van der Waals surface area contributed by atoms with E-state index in [2.05, 4.69) is 136 Å². The van der Waals surface area contributed by atoms with Gasteiger partial charge < -0.3 is 14.4 Å². The molecule has 239 valence electrons. The summed E-state index contributed by atoms with van der Waals surface area (Å²) in [6.07, 6.45) is 4.90. The molecule has 0 fully saturated rings. The van der Waals surface area contributed by atoms with Crippen molar-refractivity contribution >= 4 is 21.9 Å². The molecule has 4 aromatic carbocycles. The summed E-state index contributed by atoms with van der Waals surface area (Å²) in [6.45, 7) is 13.2. The Kier molecular flexibility index (Phi) is 10.5. The largest absolute Gasteiger partial charge is 0.501 e. The van der Waals surface area contributed by atoms with E-state index in [9.17, 15) is 0 Å². The van der Waals surface area contributed by atoms with Gasteiger partial charge in [0.25, 0.3) is 0 Å². The predicted octanol–water partition coefficient (Wildman–Crippen LogP) is 11.1. The average Bonchev–Trinajstić information content (AvgIpc) is 3.45. The Morgan fingerprint density at radius 1 is 0.766 bits per heavy atom. The van der Waals surface area contributed by atoms with Crippen LogP contribution in [0.1, 0.15) is 55.5 Å². The van der Waals surface area contributed by atoms with Crippen molar-refractivity contribution in [3.63, 3.8) is 0 Å². The zero-order chi connectivity index (χ0) is 32.3. The molecule has 47 heavy (non-hydrogen) atoms. The Morgan fingerprint density at radius 2 is 1.55 bits per heavy atom. The third-order valence-electron chi connectivity index (χ3n) is 8.66. The zero-order valence-corrected chi connectivity index (χ0v) is 30.3. The molecule has 3 heterocycles. The van der Waals surface area contributed by atoms with E-state index in [-0.39, 0.29) is 25.5 Å². The van der Waals surface area contributed by atoms with Gasteiger partial charge in [-0.05, 0) is 65.5 Å². The molecule has 0 spiro atoms. The number of hydrogen-bond donors (Lipinski definition) is 0. The molecule has 0 bridgehead atoms. The maximum absolute atomic E-state index is 6.24. The Bertz CT molecular complexity index is 2080. The van der Waals surface area contributed by atoms with Gasteiger partial charge in [0.05, 0.1) is 5.58 Å². The second kappa shape index (κ2) is 14.6. The number of hydrogen-bond acceptors (Lipinski definition) is 3. The molecule has 4 heteroatoms. The van der Waals surface area contributed by atoms with Crippen molar-refractivity contribution in [2.24, 2.45) is 5.92 Å². The fraction of sp³-hybridized carbons (Fsp3) is 0.209. The Labute approximate surface area is 292 Å². The summed E-state index contributed by atoms with van der Waals surface area (Å²) >= 11 is 0. The number of pyridine rings is 2. The van der Waals surface area contributed by atoms with Gasteiger partial charge in [0, 0.05) is 43.3 Å². The van der Waals surface area contributed by atoms with Gasteiger partial charge >= 0.3 is 0 Å². The summed E-state index contributed by atoms with van der Waals surface area (Å²) in [4.78, 5) is 9.04. The summed E-state index contributed by atoms with van der Waals surface area (Å²) in [6, 6.07) is 42.0. The van der Waals surface area contributed by atoms with E-state index >= 15 is 0 Å². The summed E-state index contributed by atoms with van der Waals surface area (Å²) in [7, 11) is 0. The molecule has 0 aliphatic carbocycles. The van der Waals surface area contributed by atoms with E-state index < -0.39 is 0 Å². The van der Waals surface area contributed by atoms with Crippen LogP contribution < -0.4 is 0 Å². The van der Waals surface area contributed by atoms with Crippen LogP contribution in [0.25, 0.3) is 44.5 Å². The van der Waals surface area contributed by atoms with Crippen LogP contribution in [-0.2, 0) is 31.9 Å². The van der Waals surface area contributed by atoms with E-state index in [1.54, 1.807) is 6.20 Å². The third-order valence-corrected chi connectivity index (χ3v) is 8.66. The predicted molar refractivity (Wildman–Crippen MR) is 191 cm³/mol. The number of rotatable bonds is 6. The van der Waals surface area contributed by atoms with Crippen LogP contribution in [-0.4, -0.2) is 9.97 Å². The molecule has 7 aromatic rings. The zero-order valence-electron chi connectivity index (χ0n) is 27.9. The average molecular weight is 793 g/mol. The van der Waals surface area contributed by atoms with Gasteiger partial charge in [-0.25, -0.2) is 0 Å². The van der Waals surface area contributed by atoms with E-state index in [4.69, 9.17) is 4.42 Å².